The predicted molar refractivity (Wildman–Crippen MR) is 75.3 cm³/mol. The highest BCUT2D eigenvalue weighted by molar-refractivity contribution is 7.92. The van der Waals surface area contributed by atoms with Gasteiger partial charge in [0, 0.05) is 18.4 Å². The zero-order valence-corrected chi connectivity index (χ0v) is 11.5. The van der Waals surface area contributed by atoms with Gasteiger partial charge in [-0.05, 0) is 24.1 Å². The van der Waals surface area contributed by atoms with Crippen molar-refractivity contribution in [3.05, 3.63) is 47.8 Å². The fraction of sp³-hybridized carbons (Fsp3) is 0.231. The molecule has 1 aromatic heterocycles. The van der Waals surface area contributed by atoms with Gasteiger partial charge in [-0.15, -0.1) is 0 Å². The molecule has 0 fully saturated rings. The quantitative estimate of drug-likeness (QED) is 0.780. The van der Waals surface area contributed by atoms with Crippen LogP contribution in [0.4, 0.5) is 5.69 Å². The van der Waals surface area contributed by atoms with Crippen LogP contribution in [0.1, 0.15) is 18.2 Å². The van der Waals surface area contributed by atoms with Gasteiger partial charge >= 0.3 is 0 Å². The first-order valence-corrected chi connectivity index (χ1v) is 7.53. The number of aryl methyl sites for hydroxylation is 1. The molecule has 0 atom stereocenters. The highest BCUT2D eigenvalue weighted by Crippen LogP contribution is 2.20. The molecule has 2 rings (SSSR count). The Kier molecular flexibility index (Phi) is 3.92. The second-order valence-corrected chi connectivity index (χ2v) is 5.86. The second kappa shape index (κ2) is 5.46. The molecule has 19 heavy (non-hydrogen) atoms. The van der Waals surface area contributed by atoms with Gasteiger partial charge in [0.1, 0.15) is 4.90 Å². The lowest BCUT2D eigenvalue weighted by molar-refractivity contribution is 0.601. The molecule has 0 amide bonds. The summed E-state index contributed by atoms with van der Waals surface area (Å²) in [4.78, 5) is 3.03. The van der Waals surface area contributed by atoms with Crippen molar-refractivity contribution < 1.29 is 8.42 Å². The average molecular weight is 279 g/mol. The van der Waals surface area contributed by atoms with Crippen LogP contribution in [0.3, 0.4) is 0 Å². The number of H-pyrrole nitrogens is 1. The van der Waals surface area contributed by atoms with E-state index in [0.29, 0.717) is 11.4 Å². The van der Waals surface area contributed by atoms with E-state index in [4.69, 9.17) is 5.73 Å². The van der Waals surface area contributed by atoms with Crippen molar-refractivity contribution in [3.8, 4) is 0 Å². The number of nitrogens with one attached hydrogen (secondary N) is 2. The molecule has 1 aromatic carbocycles. The van der Waals surface area contributed by atoms with Crippen LogP contribution in [-0.2, 0) is 23.0 Å². The number of para-hydroxylation sites is 1. The summed E-state index contributed by atoms with van der Waals surface area (Å²) in [6, 6.07) is 8.89. The molecule has 0 bridgehead atoms. The first-order valence-electron chi connectivity index (χ1n) is 6.05. The maximum atomic E-state index is 12.2. The molecule has 0 spiro atoms. The lowest BCUT2D eigenvalue weighted by Gasteiger charge is -2.10. The van der Waals surface area contributed by atoms with E-state index < -0.39 is 10.0 Å². The number of nitrogens with two attached hydrogens (primary N) is 1. The molecule has 5 nitrogen and oxygen atoms in total. The standard InChI is InChI=1S/C13H17N3O2S/c1-2-10-5-3-4-6-13(10)16-19(17,18)12-7-11(8-14)15-9-12/h3-7,9,15-16H,2,8,14H2,1H3. The van der Waals surface area contributed by atoms with Crippen LogP contribution in [0.25, 0.3) is 0 Å². The minimum atomic E-state index is -3.57. The predicted octanol–water partition coefficient (Wildman–Crippen LogP) is 1.84. The van der Waals surface area contributed by atoms with Gasteiger partial charge < -0.3 is 10.7 Å². The Balaban J connectivity index is 2.31. The Morgan fingerprint density at radius 2 is 2.05 bits per heavy atom. The Bertz CT molecular complexity index is 662. The van der Waals surface area contributed by atoms with Crippen molar-refractivity contribution in [1.82, 2.24) is 4.98 Å². The molecule has 0 unspecified atom stereocenters. The Hall–Kier alpha value is -1.79. The van der Waals surface area contributed by atoms with Gasteiger partial charge in [0.05, 0.1) is 5.69 Å². The third-order valence-corrected chi connectivity index (χ3v) is 4.23. The number of sulfonamides is 1. The maximum Gasteiger partial charge on any atom is 0.263 e. The number of aromatic amines is 1. The minimum Gasteiger partial charge on any atom is -0.363 e. The van der Waals surface area contributed by atoms with Crippen LogP contribution in [0.2, 0.25) is 0 Å². The number of rotatable bonds is 5. The molecule has 0 aliphatic heterocycles. The molecule has 6 heteroatoms. The molecule has 2 aromatic rings. The van der Waals surface area contributed by atoms with Crippen molar-refractivity contribution in [2.24, 2.45) is 5.73 Å². The fourth-order valence-electron chi connectivity index (χ4n) is 1.82. The zero-order chi connectivity index (χ0) is 13.9. The van der Waals surface area contributed by atoms with Gasteiger partial charge in [-0.2, -0.15) is 0 Å². The van der Waals surface area contributed by atoms with Crippen LogP contribution in [-0.4, -0.2) is 13.4 Å². The van der Waals surface area contributed by atoms with Crippen LogP contribution in [0, 0.1) is 0 Å². The van der Waals surface area contributed by atoms with E-state index in [0.717, 1.165) is 12.0 Å². The molecule has 0 aliphatic rings. The fourth-order valence-corrected chi connectivity index (χ4v) is 2.94. The minimum absolute atomic E-state index is 0.193. The largest absolute Gasteiger partial charge is 0.363 e. The number of hydrogen-bond acceptors (Lipinski definition) is 3. The summed E-state index contributed by atoms with van der Waals surface area (Å²) in [7, 11) is -3.57. The van der Waals surface area contributed by atoms with Gasteiger partial charge in [-0.1, -0.05) is 25.1 Å². The van der Waals surface area contributed by atoms with Gasteiger partial charge in [0.2, 0.25) is 0 Å². The molecular weight excluding hydrogens is 262 g/mol. The summed E-state index contributed by atoms with van der Waals surface area (Å²) < 4.78 is 27.1. The Morgan fingerprint density at radius 1 is 1.32 bits per heavy atom. The molecule has 0 saturated heterocycles. The smallest absolute Gasteiger partial charge is 0.263 e. The van der Waals surface area contributed by atoms with Gasteiger partial charge in [0.25, 0.3) is 10.0 Å². The third kappa shape index (κ3) is 2.97. The van der Waals surface area contributed by atoms with Crippen LogP contribution < -0.4 is 10.5 Å². The van der Waals surface area contributed by atoms with Crippen molar-refractivity contribution in [3.63, 3.8) is 0 Å². The summed E-state index contributed by atoms with van der Waals surface area (Å²) in [5.74, 6) is 0. The third-order valence-electron chi connectivity index (χ3n) is 2.89. The molecule has 0 aliphatic carbocycles. The average Bonchev–Trinajstić information content (AvgIpc) is 2.88. The lowest BCUT2D eigenvalue weighted by atomic mass is 10.1. The summed E-state index contributed by atoms with van der Waals surface area (Å²) >= 11 is 0. The molecule has 4 N–H and O–H groups in total. The Labute approximate surface area is 112 Å². The van der Waals surface area contributed by atoms with Crippen molar-refractivity contribution in [1.29, 1.82) is 0 Å². The topological polar surface area (TPSA) is 88.0 Å². The maximum absolute atomic E-state index is 12.2. The first kappa shape index (κ1) is 13.6. The van der Waals surface area contributed by atoms with Crippen molar-refractivity contribution in [2.75, 3.05) is 4.72 Å². The van der Waals surface area contributed by atoms with E-state index in [2.05, 4.69) is 9.71 Å². The van der Waals surface area contributed by atoms with Gasteiger partial charge in [-0.3, -0.25) is 4.72 Å². The second-order valence-electron chi connectivity index (χ2n) is 4.18. The van der Waals surface area contributed by atoms with Crippen molar-refractivity contribution >= 4 is 15.7 Å². The number of aromatic nitrogens is 1. The van der Waals surface area contributed by atoms with E-state index in [1.54, 1.807) is 12.1 Å². The summed E-state index contributed by atoms with van der Waals surface area (Å²) in [5, 5.41) is 0. The lowest BCUT2D eigenvalue weighted by Crippen LogP contribution is -2.13. The Morgan fingerprint density at radius 3 is 2.68 bits per heavy atom. The molecule has 1 heterocycles. The molecular formula is C13H17N3O2S. The summed E-state index contributed by atoms with van der Waals surface area (Å²) in [6.45, 7) is 2.26. The monoisotopic (exact) mass is 279 g/mol. The molecule has 0 saturated carbocycles. The number of anilines is 1. The van der Waals surface area contributed by atoms with Crippen LogP contribution in [0.15, 0.2) is 41.4 Å². The van der Waals surface area contributed by atoms with E-state index >= 15 is 0 Å². The van der Waals surface area contributed by atoms with E-state index in [1.807, 2.05) is 19.1 Å². The molecule has 0 radical (unpaired) electrons. The van der Waals surface area contributed by atoms with Gasteiger partial charge in [0.15, 0.2) is 0 Å². The van der Waals surface area contributed by atoms with E-state index in [9.17, 15) is 8.42 Å². The van der Waals surface area contributed by atoms with Crippen LogP contribution in [0.5, 0.6) is 0 Å². The number of hydrogen-bond donors (Lipinski definition) is 3. The highest BCUT2D eigenvalue weighted by atomic mass is 32.2. The normalized spacial score (nSPS) is 11.5. The van der Waals surface area contributed by atoms with E-state index in [-0.39, 0.29) is 11.4 Å². The zero-order valence-electron chi connectivity index (χ0n) is 10.7. The SMILES string of the molecule is CCc1ccccc1NS(=O)(=O)c1c[nH]c(CN)c1. The summed E-state index contributed by atoms with van der Waals surface area (Å²) in [6.07, 6.45) is 2.21. The summed E-state index contributed by atoms with van der Waals surface area (Å²) in [5.41, 5.74) is 7.71. The van der Waals surface area contributed by atoms with E-state index in [1.165, 1.54) is 12.3 Å². The molecule has 102 valence electrons. The van der Waals surface area contributed by atoms with Gasteiger partial charge in [-0.25, -0.2) is 8.42 Å². The van der Waals surface area contributed by atoms with Crippen LogP contribution >= 0.6 is 0 Å². The first-order chi connectivity index (χ1) is 9.06. The highest BCUT2D eigenvalue weighted by Gasteiger charge is 2.17. The van der Waals surface area contributed by atoms with Crippen molar-refractivity contribution in [2.45, 2.75) is 24.8 Å². The number of benzene rings is 1.